The summed E-state index contributed by atoms with van der Waals surface area (Å²) < 4.78 is 26.5. The van der Waals surface area contributed by atoms with Crippen molar-refractivity contribution in [3.8, 4) is 0 Å². The molecule has 1 atom stereocenters. The van der Waals surface area contributed by atoms with Crippen molar-refractivity contribution < 1.29 is 13.2 Å². The van der Waals surface area contributed by atoms with Crippen LogP contribution >= 0.6 is 12.4 Å². The predicted octanol–water partition coefficient (Wildman–Crippen LogP) is 1.10. The maximum absolute atomic E-state index is 12.5. The molecule has 1 amide bonds. The standard InChI is InChI=1S/C14H29N3O3S.ClH/c1-12(2)7-10-21(19,20)17-9-4-3-5-13(17)11-16-14(18)6-8-15;/h12-13H,3-11,15H2,1-2H3,(H,16,18);1H. The van der Waals surface area contributed by atoms with E-state index in [9.17, 15) is 13.2 Å². The summed E-state index contributed by atoms with van der Waals surface area (Å²) in [6.45, 7) is 5.32. The molecule has 0 spiro atoms. The number of nitrogens with two attached hydrogens (primary N) is 1. The van der Waals surface area contributed by atoms with Crippen LogP contribution in [0, 0.1) is 5.92 Å². The molecule has 1 saturated heterocycles. The summed E-state index contributed by atoms with van der Waals surface area (Å²) in [7, 11) is -3.23. The Morgan fingerprint density at radius 1 is 1.36 bits per heavy atom. The first-order valence-corrected chi connectivity index (χ1v) is 9.44. The molecule has 1 fully saturated rings. The van der Waals surface area contributed by atoms with Crippen molar-refractivity contribution in [3.05, 3.63) is 0 Å². The third kappa shape index (κ3) is 7.26. The highest BCUT2D eigenvalue weighted by atomic mass is 35.5. The molecule has 132 valence electrons. The Hall–Kier alpha value is -0.370. The fourth-order valence-corrected chi connectivity index (χ4v) is 4.54. The summed E-state index contributed by atoms with van der Waals surface area (Å²) >= 11 is 0. The van der Waals surface area contributed by atoms with Gasteiger partial charge in [0.25, 0.3) is 0 Å². The lowest BCUT2D eigenvalue weighted by molar-refractivity contribution is -0.121. The molecule has 3 N–H and O–H groups in total. The molecule has 6 nitrogen and oxygen atoms in total. The fourth-order valence-electron chi connectivity index (χ4n) is 2.50. The first kappa shape index (κ1) is 21.6. The van der Waals surface area contributed by atoms with Gasteiger partial charge in [0.15, 0.2) is 0 Å². The molecule has 0 aliphatic carbocycles. The number of hydrogen-bond donors (Lipinski definition) is 2. The van der Waals surface area contributed by atoms with E-state index >= 15 is 0 Å². The minimum atomic E-state index is -3.23. The van der Waals surface area contributed by atoms with Crippen molar-refractivity contribution in [2.45, 2.75) is 52.0 Å². The van der Waals surface area contributed by atoms with Gasteiger partial charge in [0, 0.05) is 32.1 Å². The van der Waals surface area contributed by atoms with Crippen LogP contribution in [0.2, 0.25) is 0 Å². The Bertz CT molecular complexity index is 429. The van der Waals surface area contributed by atoms with E-state index < -0.39 is 10.0 Å². The lowest BCUT2D eigenvalue weighted by atomic mass is 10.1. The van der Waals surface area contributed by atoms with Crippen LogP contribution in [0.4, 0.5) is 0 Å². The van der Waals surface area contributed by atoms with E-state index in [0.717, 1.165) is 19.3 Å². The van der Waals surface area contributed by atoms with Crippen LogP contribution in [0.15, 0.2) is 0 Å². The fraction of sp³-hybridized carbons (Fsp3) is 0.929. The third-order valence-electron chi connectivity index (χ3n) is 3.79. The van der Waals surface area contributed by atoms with Crippen LogP contribution in [0.1, 0.15) is 46.0 Å². The molecule has 8 heteroatoms. The first-order valence-electron chi connectivity index (χ1n) is 7.83. The van der Waals surface area contributed by atoms with Gasteiger partial charge in [0.05, 0.1) is 5.75 Å². The van der Waals surface area contributed by atoms with Gasteiger partial charge in [-0.2, -0.15) is 4.31 Å². The molecule has 1 heterocycles. The average molecular weight is 356 g/mol. The largest absolute Gasteiger partial charge is 0.354 e. The maximum Gasteiger partial charge on any atom is 0.221 e. The van der Waals surface area contributed by atoms with Gasteiger partial charge in [-0.15, -0.1) is 12.4 Å². The highest BCUT2D eigenvalue weighted by Gasteiger charge is 2.32. The Morgan fingerprint density at radius 3 is 2.64 bits per heavy atom. The maximum atomic E-state index is 12.5. The van der Waals surface area contributed by atoms with Crippen molar-refractivity contribution in [1.29, 1.82) is 0 Å². The number of hydrogen-bond acceptors (Lipinski definition) is 4. The van der Waals surface area contributed by atoms with Crippen molar-refractivity contribution in [2.24, 2.45) is 11.7 Å². The second kappa shape index (κ2) is 10.4. The van der Waals surface area contributed by atoms with E-state index in [2.05, 4.69) is 5.32 Å². The molecule has 1 unspecified atom stereocenters. The molecule has 0 aromatic heterocycles. The van der Waals surface area contributed by atoms with E-state index in [1.54, 1.807) is 4.31 Å². The Balaban J connectivity index is 0.00000441. The normalized spacial score (nSPS) is 19.7. The lowest BCUT2D eigenvalue weighted by Gasteiger charge is -2.35. The summed E-state index contributed by atoms with van der Waals surface area (Å²) in [5.74, 6) is 0.452. The molecule has 1 aliphatic heterocycles. The molecule has 0 radical (unpaired) electrons. The molecule has 0 aromatic rings. The second-order valence-electron chi connectivity index (χ2n) is 6.10. The molecule has 0 aromatic carbocycles. The third-order valence-corrected chi connectivity index (χ3v) is 5.74. The number of halogens is 1. The first-order chi connectivity index (χ1) is 9.86. The van der Waals surface area contributed by atoms with Crippen molar-refractivity contribution in [3.63, 3.8) is 0 Å². The summed E-state index contributed by atoms with van der Waals surface area (Å²) in [5, 5.41) is 2.80. The number of carbonyl (C=O) groups is 1. The smallest absolute Gasteiger partial charge is 0.221 e. The Morgan fingerprint density at radius 2 is 2.05 bits per heavy atom. The van der Waals surface area contributed by atoms with Crippen molar-refractivity contribution in [1.82, 2.24) is 9.62 Å². The zero-order valence-electron chi connectivity index (χ0n) is 13.6. The van der Waals surface area contributed by atoms with Crippen molar-refractivity contribution >= 4 is 28.3 Å². The van der Waals surface area contributed by atoms with Crippen LogP contribution < -0.4 is 11.1 Å². The number of nitrogens with one attached hydrogen (secondary N) is 1. The average Bonchev–Trinajstić information content (AvgIpc) is 2.44. The molecular weight excluding hydrogens is 326 g/mol. The Kier molecular flexibility index (Phi) is 10.2. The lowest BCUT2D eigenvalue weighted by Crippen LogP contribution is -2.50. The van der Waals surface area contributed by atoms with Gasteiger partial charge in [0.2, 0.25) is 15.9 Å². The summed E-state index contributed by atoms with van der Waals surface area (Å²) in [4.78, 5) is 11.5. The highest BCUT2D eigenvalue weighted by molar-refractivity contribution is 7.89. The molecule has 22 heavy (non-hydrogen) atoms. The van der Waals surface area contributed by atoms with E-state index in [0.29, 0.717) is 32.0 Å². The molecule has 0 bridgehead atoms. The van der Waals surface area contributed by atoms with E-state index in [4.69, 9.17) is 5.73 Å². The number of sulfonamides is 1. The second-order valence-corrected chi connectivity index (χ2v) is 8.14. The van der Waals surface area contributed by atoms with Crippen LogP contribution in [0.5, 0.6) is 0 Å². The quantitative estimate of drug-likeness (QED) is 0.682. The highest BCUT2D eigenvalue weighted by Crippen LogP contribution is 2.21. The number of nitrogens with zero attached hydrogens (tertiary/aromatic N) is 1. The number of rotatable bonds is 8. The van der Waals surface area contributed by atoms with Gasteiger partial charge < -0.3 is 11.1 Å². The summed E-state index contributed by atoms with van der Waals surface area (Å²) in [6, 6.07) is -0.113. The summed E-state index contributed by atoms with van der Waals surface area (Å²) in [6.07, 6.45) is 3.67. The molecule has 1 rings (SSSR count). The van der Waals surface area contributed by atoms with E-state index in [1.807, 2.05) is 13.8 Å². The van der Waals surface area contributed by atoms with Gasteiger partial charge in [-0.05, 0) is 25.2 Å². The zero-order chi connectivity index (χ0) is 15.9. The minimum absolute atomic E-state index is 0. The van der Waals surface area contributed by atoms with Crippen LogP contribution in [-0.4, -0.2) is 50.1 Å². The van der Waals surface area contributed by atoms with Gasteiger partial charge in [-0.1, -0.05) is 20.3 Å². The zero-order valence-corrected chi connectivity index (χ0v) is 15.2. The molecule has 0 saturated carbocycles. The summed E-state index contributed by atoms with van der Waals surface area (Å²) in [5.41, 5.74) is 5.34. The molecule has 1 aliphatic rings. The van der Waals surface area contributed by atoms with Crippen LogP contribution in [0.3, 0.4) is 0 Å². The SMILES string of the molecule is CC(C)CCS(=O)(=O)N1CCCCC1CNC(=O)CCN.Cl. The van der Waals surface area contributed by atoms with Crippen LogP contribution in [-0.2, 0) is 14.8 Å². The number of carbonyl (C=O) groups excluding carboxylic acids is 1. The predicted molar refractivity (Wildman–Crippen MR) is 91.5 cm³/mol. The van der Waals surface area contributed by atoms with E-state index in [-0.39, 0.29) is 36.5 Å². The number of amides is 1. The van der Waals surface area contributed by atoms with Gasteiger partial charge >= 0.3 is 0 Å². The van der Waals surface area contributed by atoms with Gasteiger partial charge in [-0.25, -0.2) is 8.42 Å². The Labute approximate surface area is 140 Å². The minimum Gasteiger partial charge on any atom is -0.354 e. The van der Waals surface area contributed by atoms with Crippen LogP contribution in [0.25, 0.3) is 0 Å². The monoisotopic (exact) mass is 355 g/mol. The van der Waals surface area contributed by atoms with Gasteiger partial charge in [0.1, 0.15) is 0 Å². The topological polar surface area (TPSA) is 92.5 Å². The van der Waals surface area contributed by atoms with Gasteiger partial charge in [-0.3, -0.25) is 4.79 Å². The van der Waals surface area contributed by atoms with Crippen molar-refractivity contribution in [2.75, 3.05) is 25.4 Å². The van der Waals surface area contributed by atoms with E-state index in [1.165, 1.54) is 0 Å². The molecular formula is C14H30ClN3O3S. The number of piperidine rings is 1.